The van der Waals surface area contributed by atoms with E-state index in [0.29, 0.717) is 18.9 Å². The largest absolute Gasteiger partial charge is 0.474 e. The van der Waals surface area contributed by atoms with Crippen LogP contribution in [0.2, 0.25) is 0 Å². The minimum atomic E-state index is -0.889. The van der Waals surface area contributed by atoms with E-state index in [0.717, 1.165) is 24.3 Å². The quantitative estimate of drug-likeness (QED) is 0.606. The monoisotopic (exact) mass is 385 g/mol. The van der Waals surface area contributed by atoms with Crippen LogP contribution in [0.25, 0.3) is 0 Å². The van der Waals surface area contributed by atoms with Crippen molar-refractivity contribution in [3.63, 3.8) is 0 Å². The molecule has 0 saturated carbocycles. The second-order valence-corrected chi connectivity index (χ2v) is 6.62. The zero-order valence-corrected chi connectivity index (χ0v) is 15.9. The van der Waals surface area contributed by atoms with Crippen LogP contribution in [-0.4, -0.2) is 43.2 Å². The summed E-state index contributed by atoms with van der Waals surface area (Å²) in [6.07, 6.45) is -0.889. The number of nitrogens with zero attached hydrogens (tertiary/aromatic N) is 2. The van der Waals surface area contributed by atoms with E-state index in [1.165, 1.54) is 12.1 Å². The molecule has 0 aromatic heterocycles. The number of carbonyl (C=O) groups excluding carboxylic acids is 1. The fourth-order valence-corrected chi connectivity index (χ4v) is 2.93. The summed E-state index contributed by atoms with van der Waals surface area (Å²) in [5.41, 5.74) is 2.29. The maximum Gasteiger partial charge on any atom is 0.311 e. The highest BCUT2D eigenvalue weighted by molar-refractivity contribution is 5.94. The molecule has 0 bridgehead atoms. The van der Waals surface area contributed by atoms with Gasteiger partial charge in [-0.05, 0) is 49.7 Å². The third kappa shape index (κ3) is 4.77. The van der Waals surface area contributed by atoms with Crippen molar-refractivity contribution < 1.29 is 19.2 Å². The van der Waals surface area contributed by atoms with E-state index in [4.69, 9.17) is 9.47 Å². The van der Waals surface area contributed by atoms with Crippen LogP contribution in [0.5, 0.6) is 5.75 Å². The number of carbonyl (C=O) groups is 1. The number of hydrogen-bond donors (Lipinski definition) is 1. The first-order valence-corrected chi connectivity index (χ1v) is 9.09. The second kappa shape index (κ2) is 8.71. The number of aryl methyl sites for hydroxylation is 1. The molecule has 0 radical (unpaired) electrons. The maximum atomic E-state index is 12.4. The van der Waals surface area contributed by atoms with Crippen LogP contribution < -0.4 is 15.0 Å². The number of hydrogen-bond acceptors (Lipinski definition) is 6. The van der Waals surface area contributed by atoms with E-state index in [-0.39, 0.29) is 17.3 Å². The molecule has 3 rings (SSSR count). The predicted molar refractivity (Wildman–Crippen MR) is 106 cm³/mol. The van der Waals surface area contributed by atoms with Crippen molar-refractivity contribution in [2.75, 3.05) is 36.5 Å². The molecule has 1 aliphatic heterocycles. The summed E-state index contributed by atoms with van der Waals surface area (Å²) in [6, 6.07) is 12.2. The van der Waals surface area contributed by atoms with Gasteiger partial charge in [-0.2, -0.15) is 0 Å². The molecule has 0 unspecified atom stereocenters. The first-order valence-electron chi connectivity index (χ1n) is 9.09. The summed E-state index contributed by atoms with van der Waals surface area (Å²) in [4.78, 5) is 25.3. The van der Waals surface area contributed by atoms with Crippen molar-refractivity contribution in [1.29, 1.82) is 0 Å². The van der Waals surface area contributed by atoms with Gasteiger partial charge in [0.1, 0.15) is 0 Å². The Morgan fingerprint density at radius 2 is 1.89 bits per heavy atom. The number of anilines is 2. The minimum absolute atomic E-state index is 0.0703. The zero-order chi connectivity index (χ0) is 20.1. The molecule has 8 heteroatoms. The zero-order valence-electron chi connectivity index (χ0n) is 15.9. The molecule has 1 saturated heterocycles. The van der Waals surface area contributed by atoms with Gasteiger partial charge in [0.2, 0.25) is 0 Å². The lowest BCUT2D eigenvalue weighted by Gasteiger charge is -2.29. The third-order valence-electron chi connectivity index (χ3n) is 4.50. The highest BCUT2D eigenvalue weighted by Crippen LogP contribution is 2.29. The fraction of sp³-hybridized carbons (Fsp3) is 0.350. The van der Waals surface area contributed by atoms with E-state index in [1.54, 1.807) is 19.9 Å². The van der Waals surface area contributed by atoms with E-state index in [1.807, 2.05) is 24.3 Å². The number of nitro benzene ring substituents is 1. The van der Waals surface area contributed by atoms with Crippen molar-refractivity contribution in [3.05, 3.63) is 58.1 Å². The van der Waals surface area contributed by atoms with Crippen molar-refractivity contribution in [2.45, 2.75) is 20.0 Å². The number of nitrogens with one attached hydrogen (secondary N) is 1. The van der Waals surface area contributed by atoms with Crippen molar-refractivity contribution in [3.8, 4) is 5.75 Å². The van der Waals surface area contributed by atoms with E-state index >= 15 is 0 Å². The molecule has 0 aliphatic carbocycles. The summed E-state index contributed by atoms with van der Waals surface area (Å²) >= 11 is 0. The minimum Gasteiger partial charge on any atom is -0.474 e. The van der Waals surface area contributed by atoms with Gasteiger partial charge in [0.15, 0.2) is 11.9 Å². The highest BCUT2D eigenvalue weighted by atomic mass is 16.6. The van der Waals surface area contributed by atoms with E-state index < -0.39 is 11.0 Å². The van der Waals surface area contributed by atoms with Crippen LogP contribution in [-0.2, 0) is 9.53 Å². The summed E-state index contributed by atoms with van der Waals surface area (Å²) in [5, 5.41) is 14.0. The molecule has 2 aromatic rings. The van der Waals surface area contributed by atoms with Crippen LogP contribution in [0.3, 0.4) is 0 Å². The molecule has 1 N–H and O–H groups in total. The van der Waals surface area contributed by atoms with Gasteiger partial charge in [-0.1, -0.05) is 6.07 Å². The molecule has 2 aromatic carbocycles. The van der Waals surface area contributed by atoms with Crippen molar-refractivity contribution >= 4 is 23.0 Å². The normalized spacial score (nSPS) is 15.0. The number of rotatable bonds is 6. The van der Waals surface area contributed by atoms with Gasteiger partial charge in [-0.15, -0.1) is 0 Å². The first kappa shape index (κ1) is 19.6. The van der Waals surface area contributed by atoms with Crippen molar-refractivity contribution in [2.24, 2.45) is 0 Å². The number of nitro groups is 1. The Kier molecular flexibility index (Phi) is 6.10. The molecule has 1 aliphatic rings. The molecule has 28 heavy (non-hydrogen) atoms. The predicted octanol–water partition coefficient (Wildman–Crippen LogP) is 3.15. The Balaban J connectivity index is 1.62. The Morgan fingerprint density at radius 3 is 2.54 bits per heavy atom. The molecule has 8 nitrogen and oxygen atoms in total. The molecule has 1 heterocycles. The number of benzene rings is 2. The molecule has 148 valence electrons. The Bertz CT molecular complexity index is 847. The summed E-state index contributed by atoms with van der Waals surface area (Å²) in [7, 11) is 0. The van der Waals surface area contributed by atoms with Crippen LogP contribution in [0.15, 0.2) is 42.5 Å². The van der Waals surface area contributed by atoms with Gasteiger partial charge >= 0.3 is 5.69 Å². The summed E-state index contributed by atoms with van der Waals surface area (Å²) < 4.78 is 10.9. The molecule has 1 atom stereocenters. The smallest absolute Gasteiger partial charge is 0.311 e. The average Bonchev–Trinajstić information content (AvgIpc) is 2.70. The molecular formula is C20H23N3O5. The van der Waals surface area contributed by atoms with Crippen molar-refractivity contribution in [1.82, 2.24) is 0 Å². The van der Waals surface area contributed by atoms with Gasteiger partial charge in [-0.25, -0.2) is 0 Å². The van der Waals surface area contributed by atoms with Gasteiger partial charge in [0, 0.05) is 30.5 Å². The Hall–Kier alpha value is -3.13. The Labute approximate surface area is 163 Å². The van der Waals surface area contributed by atoms with Gasteiger partial charge in [0.25, 0.3) is 5.91 Å². The van der Waals surface area contributed by atoms with E-state index in [2.05, 4.69) is 10.2 Å². The number of ether oxygens (including phenoxy) is 2. The lowest BCUT2D eigenvalue weighted by Crippen LogP contribution is -2.36. The van der Waals surface area contributed by atoms with Gasteiger partial charge in [-0.3, -0.25) is 14.9 Å². The van der Waals surface area contributed by atoms with Crippen LogP contribution in [0.4, 0.5) is 17.1 Å². The molecule has 1 amide bonds. The first-order chi connectivity index (χ1) is 13.4. The van der Waals surface area contributed by atoms with Crippen LogP contribution in [0, 0.1) is 17.0 Å². The lowest BCUT2D eigenvalue weighted by molar-refractivity contribution is -0.386. The topological polar surface area (TPSA) is 93.9 Å². The average molecular weight is 385 g/mol. The standard InChI is InChI=1S/C20H23N3O5/c1-14-3-8-19(18(13-14)23(25)26)28-15(2)20(24)21-16-4-6-17(7-5-16)22-9-11-27-12-10-22/h3-8,13,15H,9-12H2,1-2H3,(H,21,24)/t15-/m1/s1. The SMILES string of the molecule is Cc1ccc(O[C@H](C)C(=O)Nc2ccc(N3CCOCC3)cc2)c([N+](=O)[O-])c1. The van der Waals surface area contributed by atoms with Gasteiger partial charge < -0.3 is 19.7 Å². The van der Waals surface area contributed by atoms with E-state index in [9.17, 15) is 14.9 Å². The number of amides is 1. The maximum absolute atomic E-state index is 12.4. The third-order valence-corrected chi connectivity index (χ3v) is 4.50. The molecular weight excluding hydrogens is 362 g/mol. The van der Waals surface area contributed by atoms with Crippen LogP contribution >= 0.6 is 0 Å². The second-order valence-electron chi connectivity index (χ2n) is 6.62. The summed E-state index contributed by atoms with van der Waals surface area (Å²) in [6.45, 7) is 6.41. The lowest BCUT2D eigenvalue weighted by atomic mass is 10.2. The highest BCUT2D eigenvalue weighted by Gasteiger charge is 2.21. The summed E-state index contributed by atoms with van der Waals surface area (Å²) in [5.74, 6) is -0.310. The molecule has 1 fully saturated rings. The van der Waals surface area contributed by atoms with Gasteiger partial charge in [0.05, 0.1) is 18.1 Å². The van der Waals surface area contributed by atoms with Crippen LogP contribution in [0.1, 0.15) is 12.5 Å². The number of morpholine rings is 1. The Morgan fingerprint density at radius 1 is 1.21 bits per heavy atom. The molecule has 0 spiro atoms. The fourth-order valence-electron chi connectivity index (χ4n) is 2.93.